The van der Waals surface area contributed by atoms with Gasteiger partial charge in [0.15, 0.2) is 0 Å². The molecule has 0 amide bonds. The molecule has 0 spiro atoms. The van der Waals surface area contributed by atoms with Gasteiger partial charge in [-0.1, -0.05) is 82.8 Å². The summed E-state index contributed by atoms with van der Waals surface area (Å²) in [6.45, 7) is 2.07. The van der Waals surface area contributed by atoms with Crippen molar-refractivity contribution < 1.29 is 0 Å². The average Bonchev–Trinajstić information content (AvgIpc) is 2.52. The predicted octanol–water partition coefficient (Wildman–Crippen LogP) is 7.04. The van der Waals surface area contributed by atoms with Crippen molar-refractivity contribution in [2.75, 3.05) is 0 Å². The van der Waals surface area contributed by atoms with Gasteiger partial charge in [0, 0.05) is 5.02 Å². The maximum absolute atomic E-state index is 6.55. The second-order valence-corrected chi connectivity index (χ2v) is 6.59. The van der Waals surface area contributed by atoms with Crippen LogP contribution in [-0.4, -0.2) is 0 Å². The normalized spacial score (nSPS) is 15.5. The summed E-state index contributed by atoms with van der Waals surface area (Å²) in [7, 11) is 0. The van der Waals surface area contributed by atoms with Gasteiger partial charge in [-0.3, -0.25) is 0 Å². The molecule has 0 unspecified atom stereocenters. The Balaban J connectivity index is 2.07. The highest BCUT2D eigenvalue weighted by atomic mass is 35.5. The molecular formula is C19H15Cl3. The lowest BCUT2D eigenvalue weighted by atomic mass is 9.89. The molecule has 112 valence electrons. The van der Waals surface area contributed by atoms with Crippen molar-refractivity contribution in [3.8, 4) is 0 Å². The second kappa shape index (κ2) is 6.50. The van der Waals surface area contributed by atoms with Crippen molar-refractivity contribution >= 4 is 45.9 Å². The van der Waals surface area contributed by atoms with Gasteiger partial charge in [-0.05, 0) is 48.1 Å². The van der Waals surface area contributed by atoms with Gasteiger partial charge in [0.25, 0.3) is 0 Å². The van der Waals surface area contributed by atoms with E-state index in [1.807, 2.05) is 24.3 Å². The maximum atomic E-state index is 6.55. The topological polar surface area (TPSA) is 0 Å². The summed E-state index contributed by atoms with van der Waals surface area (Å²) in [6, 6.07) is 16.1. The SMILES string of the molecule is Cc1ccc(C2=C(Cl)C(Cl)=C(c3ccccc3Cl)CC2)cc1. The molecule has 0 atom stereocenters. The van der Waals surface area contributed by atoms with Gasteiger partial charge in [0.2, 0.25) is 0 Å². The zero-order valence-corrected chi connectivity index (χ0v) is 14.4. The van der Waals surface area contributed by atoms with E-state index in [4.69, 9.17) is 34.8 Å². The van der Waals surface area contributed by atoms with Gasteiger partial charge >= 0.3 is 0 Å². The molecule has 3 rings (SSSR count). The Kier molecular flexibility index (Phi) is 4.63. The fourth-order valence-electron chi connectivity index (χ4n) is 2.72. The summed E-state index contributed by atoms with van der Waals surface area (Å²) < 4.78 is 0. The van der Waals surface area contributed by atoms with Gasteiger partial charge in [-0.15, -0.1) is 0 Å². The highest BCUT2D eigenvalue weighted by molar-refractivity contribution is 6.48. The summed E-state index contributed by atoms with van der Waals surface area (Å²) >= 11 is 19.4. The predicted molar refractivity (Wildman–Crippen MR) is 97.4 cm³/mol. The Morgan fingerprint density at radius 2 is 1.32 bits per heavy atom. The van der Waals surface area contributed by atoms with Crippen molar-refractivity contribution in [3.63, 3.8) is 0 Å². The van der Waals surface area contributed by atoms with E-state index in [9.17, 15) is 0 Å². The Morgan fingerprint density at radius 3 is 2.00 bits per heavy atom. The molecule has 2 aromatic carbocycles. The molecule has 0 bridgehead atoms. The lowest BCUT2D eigenvalue weighted by molar-refractivity contribution is 1.06. The van der Waals surface area contributed by atoms with E-state index in [0.29, 0.717) is 15.1 Å². The van der Waals surface area contributed by atoms with Crippen LogP contribution in [0.2, 0.25) is 5.02 Å². The molecule has 0 radical (unpaired) electrons. The van der Waals surface area contributed by atoms with Crippen LogP contribution in [0.15, 0.2) is 58.6 Å². The van der Waals surface area contributed by atoms with Crippen LogP contribution in [0.1, 0.15) is 29.5 Å². The lowest BCUT2D eigenvalue weighted by Crippen LogP contribution is -2.00. The first-order chi connectivity index (χ1) is 10.6. The third kappa shape index (κ3) is 2.96. The monoisotopic (exact) mass is 348 g/mol. The Morgan fingerprint density at radius 1 is 0.727 bits per heavy atom. The molecule has 0 saturated carbocycles. The Labute approximate surface area is 146 Å². The zero-order valence-electron chi connectivity index (χ0n) is 12.2. The summed E-state index contributed by atoms with van der Waals surface area (Å²) in [5, 5.41) is 1.95. The van der Waals surface area contributed by atoms with Gasteiger partial charge in [-0.25, -0.2) is 0 Å². The minimum absolute atomic E-state index is 0.608. The van der Waals surface area contributed by atoms with Crippen LogP contribution in [0.4, 0.5) is 0 Å². The largest absolute Gasteiger partial charge is 0.0837 e. The van der Waals surface area contributed by atoms with Crippen LogP contribution in [0.5, 0.6) is 0 Å². The third-order valence-electron chi connectivity index (χ3n) is 3.95. The molecule has 2 aromatic rings. The average molecular weight is 350 g/mol. The Bertz CT molecular complexity index is 768. The number of hydrogen-bond acceptors (Lipinski definition) is 0. The van der Waals surface area contributed by atoms with E-state index >= 15 is 0 Å². The van der Waals surface area contributed by atoms with Gasteiger partial charge < -0.3 is 0 Å². The van der Waals surface area contributed by atoms with Crippen LogP contribution < -0.4 is 0 Å². The third-order valence-corrected chi connectivity index (χ3v) is 5.21. The number of aryl methyl sites for hydroxylation is 1. The molecule has 0 saturated heterocycles. The molecule has 3 heteroatoms. The maximum Gasteiger partial charge on any atom is 0.0633 e. The van der Waals surface area contributed by atoms with Crippen LogP contribution in [0.25, 0.3) is 11.1 Å². The minimum atomic E-state index is 0.608. The van der Waals surface area contributed by atoms with Crippen LogP contribution >= 0.6 is 34.8 Å². The number of rotatable bonds is 2. The standard InChI is InChI=1S/C19H15Cl3/c1-12-6-8-13(9-7-12)14-10-11-16(19(22)18(14)21)15-4-2-3-5-17(15)20/h2-9H,10-11H2,1H3. The number of hydrogen-bond donors (Lipinski definition) is 0. The van der Waals surface area contributed by atoms with Crippen molar-refractivity contribution in [3.05, 3.63) is 80.3 Å². The minimum Gasteiger partial charge on any atom is -0.0837 e. The molecule has 1 aliphatic carbocycles. The van der Waals surface area contributed by atoms with Crippen molar-refractivity contribution in [1.29, 1.82) is 0 Å². The molecule has 0 aromatic heterocycles. The van der Waals surface area contributed by atoms with Crippen molar-refractivity contribution in [2.45, 2.75) is 19.8 Å². The molecular weight excluding hydrogens is 335 g/mol. The van der Waals surface area contributed by atoms with Gasteiger partial charge in [0.1, 0.15) is 0 Å². The first-order valence-electron chi connectivity index (χ1n) is 7.17. The summed E-state index contributed by atoms with van der Waals surface area (Å²) in [5.74, 6) is 0. The summed E-state index contributed by atoms with van der Waals surface area (Å²) in [6.07, 6.45) is 1.70. The van der Waals surface area contributed by atoms with E-state index in [2.05, 4.69) is 31.2 Å². The van der Waals surface area contributed by atoms with Crippen molar-refractivity contribution in [1.82, 2.24) is 0 Å². The highest BCUT2D eigenvalue weighted by Crippen LogP contribution is 2.44. The zero-order chi connectivity index (χ0) is 15.7. The van der Waals surface area contributed by atoms with Gasteiger partial charge in [-0.2, -0.15) is 0 Å². The second-order valence-electron chi connectivity index (χ2n) is 5.43. The van der Waals surface area contributed by atoms with Crippen LogP contribution in [0.3, 0.4) is 0 Å². The molecule has 0 nitrogen and oxygen atoms in total. The number of allylic oxidation sites excluding steroid dienone is 4. The van der Waals surface area contributed by atoms with Crippen LogP contribution in [0, 0.1) is 6.92 Å². The lowest BCUT2D eigenvalue weighted by Gasteiger charge is -2.21. The Hall–Kier alpha value is -1.21. The van der Waals surface area contributed by atoms with E-state index in [-0.39, 0.29) is 0 Å². The molecule has 1 aliphatic rings. The number of halogens is 3. The quantitative estimate of drug-likeness (QED) is 0.545. The first-order valence-corrected chi connectivity index (χ1v) is 8.31. The van der Waals surface area contributed by atoms with E-state index in [1.54, 1.807) is 0 Å². The van der Waals surface area contributed by atoms with E-state index in [0.717, 1.165) is 35.1 Å². The molecule has 0 fully saturated rings. The highest BCUT2D eigenvalue weighted by Gasteiger charge is 2.22. The van der Waals surface area contributed by atoms with E-state index < -0.39 is 0 Å². The molecule has 0 heterocycles. The smallest absolute Gasteiger partial charge is 0.0633 e. The van der Waals surface area contributed by atoms with Crippen molar-refractivity contribution in [2.24, 2.45) is 0 Å². The fraction of sp³-hybridized carbons (Fsp3) is 0.158. The van der Waals surface area contributed by atoms with Gasteiger partial charge in [0.05, 0.1) is 10.1 Å². The summed E-state index contributed by atoms with van der Waals surface area (Å²) in [5.41, 5.74) is 5.45. The number of benzene rings is 2. The molecule has 22 heavy (non-hydrogen) atoms. The fourth-order valence-corrected chi connectivity index (χ4v) is 3.60. The first kappa shape index (κ1) is 15.7. The molecule has 0 N–H and O–H groups in total. The van der Waals surface area contributed by atoms with Crippen LogP contribution in [-0.2, 0) is 0 Å². The summed E-state index contributed by atoms with van der Waals surface area (Å²) in [4.78, 5) is 0. The van der Waals surface area contributed by atoms with E-state index in [1.165, 1.54) is 5.56 Å². The molecule has 0 aliphatic heterocycles.